The van der Waals surface area contributed by atoms with Gasteiger partial charge in [0.1, 0.15) is 0 Å². The van der Waals surface area contributed by atoms with Gasteiger partial charge in [0.15, 0.2) is 0 Å². The van der Waals surface area contributed by atoms with Crippen LogP contribution < -0.4 is 0 Å². The van der Waals surface area contributed by atoms with E-state index >= 15 is 0 Å². The van der Waals surface area contributed by atoms with E-state index in [2.05, 4.69) is 55.4 Å². The van der Waals surface area contributed by atoms with E-state index in [1.165, 1.54) is 0 Å². The van der Waals surface area contributed by atoms with Crippen molar-refractivity contribution in [3.05, 3.63) is 32.2 Å². The lowest BCUT2D eigenvalue weighted by Gasteiger charge is -2.28. The summed E-state index contributed by atoms with van der Waals surface area (Å²) in [4.78, 5) is 13.2. The van der Waals surface area contributed by atoms with Crippen LogP contribution in [0.3, 0.4) is 0 Å². The molecule has 0 aliphatic carbocycles. The molecule has 0 unspecified atom stereocenters. The Balaban J connectivity index is 0.000000400. The maximum absolute atomic E-state index is 10.8. The molecule has 120 valence electrons. The summed E-state index contributed by atoms with van der Waals surface area (Å²) < 4.78 is 0.708. The van der Waals surface area contributed by atoms with Gasteiger partial charge in [0.05, 0.1) is 15.6 Å². The van der Waals surface area contributed by atoms with Crippen molar-refractivity contribution in [3.63, 3.8) is 0 Å². The molecule has 1 rings (SSSR count). The third-order valence-corrected chi connectivity index (χ3v) is 4.14. The van der Waals surface area contributed by atoms with Gasteiger partial charge in [-0.05, 0) is 58.0 Å². The fourth-order valence-electron chi connectivity index (χ4n) is 2.06. The standard InChI is InChI=1S/C8H19N.C7H2BrCl3O/c1-6-9(7(2)3)8(4)5;8-3-1-4(9)6(7(11)12)5(10)2-3/h7-8H,6H2,1-5H3;1-2H. The third-order valence-electron chi connectivity index (χ3n) is 2.90. The summed E-state index contributed by atoms with van der Waals surface area (Å²) in [6.07, 6.45) is 0. The molecule has 0 amide bonds. The summed E-state index contributed by atoms with van der Waals surface area (Å²) in [6, 6.07) is 4.50. The summed E-state index contributed by atoms with van der Waals surface area (Å²) in [5.41, 5.74) is 0.142. The number of benzene rings is 1. The predicted octanol–water partition coefficient (Wildman–Crippen LogP) is 6.26. The largest absolute Gasteiger partial charge is 0.299 e. The normalized spacial score (nSPS) is 10.9. The van der Waals surface area contributed by atoms with Crippen LogP contribution in [-0.2, 0) is 0 Å². The number of rotatable bonds is 4. The van der Waals surface area contributed by atoms with E-state index in [9.17, 15) is 4.79 Å². The van der Waals surface area contributed by atoms with Crippen LogP contribution in [0.4, 0.5) is 0 Å². The molecule has 0 aliphatic heterocycles. The Morgan fingerprint density at radius 2 is 1.52 bits per heavy atom. The predicted molar refractivity (Wildman–Crippen MR) is 97.0 cm³/mol. The maximum atomic E-state index is 10.8. The summed E-state index contributed by atoms with van der Waals surface area (Å²) >= 11 is 19.8. The fraction of sp³-hybridized carbons (Fsp3) is 0.533. The second-order valence-electron chi connectivity index (χ2n) is 5.04. The second-order valence-corrected chi connectivity index (χ2v) is 7.11. The van der Waals surface area contributed by atoms with Crippen molar-refractivity contribution in [2.45, 2.75) is 46.7 Å². The molecule has 0 saturated heterocycles. The molecule has 0 radical (unpaired) electrons. The van der Waals surface area contributed by atoms with Crippen LogP contribution >= 0.6 is 50.7 Å². The van der Waals surface area contributed by atoms with Gasteiger partial charge in [-0.25, -0.2) is 0 Å². The van der Waals surface area contributed by atoms with Gasteiger partial charge in [-0.1, -0.05) is 46.1 Å². The van der Waals surface area contributed by atoms with E-state index < -0.39 is 5.24 Å². The van der Waals surface area contributed by atoms with Crippen LogP contribution in [0.1, 0.15) is 45.0 Å². The molecular formula is C15H21BrCl3NO. The van der Waals surface area contributed by atoms with Gasteiger partial charge in [-0.15, -0.1) is 0 Å². The number of carbonyl (C=O) groups excluding carboxylic acids is 1. The molecule has 0 heterocycles. The van der Waals surface area contributed by atoms with Gasteiger partial charge in [0, 0.05) is 16.6 Å². The van der Waals surface area contributed by atoms with E-state index in [1.54, 1.807) is 12.1 Å². The smallest absolute Gasteiger partial charge is 0.255 e. The average Bonchev–Trinajstić information content (AvgIpc) is 2.26. The Labute approximate surface area is 150 Å². The fourth-order valence-corrected chi connectivity index (χ4v) is 3.74. The number of nitrogens with zero attached hydrogens (tertiary/aromatic N) is 1. The monoisotopic (exact) mass is 415 g/mol. The molecule has 1 aromatic carbocycles. The van der Waals surface area contributed by atoms with Crippen molar-refractivity contribution in [2.75, 3.05) is 6.54 Å². The zero-order chi connectivity index (χ0) is 16.7. The highest BCUT2D eigenvalue weighted by molar-refractivity contribution is 9.10. The Kier molecular flexibility index (Phi) is 10.2. The summed E-state index contributed by atoms with van der Waals surface area (Å²) in [6.45, 7) is 12.3. The molecule has 1 aromatic rings. The van der Waals surface area contributed by atoms with Gasteiger partial charge in [-0.2, -0.15) is 0 Å². The zero-order valence-corrected chi connectivity index (χ0v) is 16.7. The number of hydrogen-bond donors (Lipinski definition) is 0. The molecule has 0 saturated carbocycles. The number of halogens is 4. The van der Waals surface area contributed by atoms with Crippen LogP contribution in [0.15, 0.2) is 16.6 Å². The summed E-state index contributed by atoms with van der Waals surface area (Å²) in [5, 5.41) is -0.166. The zero-order valence-electron chi connectivity index (χ0n) is 12.9. The van der Waals surface area contributed by atoms with Crippen LogP contribution in [0.2, 0.25) is 10.0 Å². The van der Waals surface area contributed by atoms with Crippen LogP contribution in [0.25, 0.3) is 0 Å². The van der Waals surface area contributed by atoms with Gasteiger partial charge in [0.25, 0.3) is 5.24 Å². The lowest BCUT2D eigenvalue weighted by Crippen LogP contribution is -2.36. The first-order valence-corrected chi connectivity index (χ1v) is 8.64. The highest BCUT2D eigenvalue weighted by Crippen LogP contribution is 2.30. The minimum atomic E-state index is -0.655. The highest BCUT2D eigenvalue weighted by atomic mass is 79.9. The van der Waals surface area contributed by atoms with Gasteiger partial charge < -0.3 is 0 Å². The molecule has 0 aliphatic rings. The van der Waals surface area contributed by atoms with Crippen molar-refractivity contribution < 1.29 is 4.79 Å². The molecule has 0 aromatic heterocycles. The first kappa shape index (κ1) is 21.2. The Hall–Kier alpha value is 0.200. The van der Waals surface area contributed by atoms with Gasteiger partial charge in [-0.3, -0.25) is 9.69 Å². The summed E-state index contributed by atoms with van der Waals surface area (Å²) in [7, 11) is 0. The molecule has 0 fully saturated rings. The molecule has 0 N–H and O–H groups in total. The Morgan fingerprint density at radius 1 is 1.14 bits per heavy atom. The van der Waals surface area contributed by atoms with Gasteiger partial charge in [0.2, 0.25) is 0 Å². The highest BCUT2D eigenvalue weighted by Gasteiger charge is 2.13. The minimum Gasteiger partial charge on any atom is -0.299 e. The van der Waals surface area contributed by atoms with Crippen molar-refractivity contribution in [2.24, 2.45) is 0 Å². The van der Waals surface area contributed by atoms with E-state index in [-0.39, 0.29) is 15.6 Å². The molecular weight excluding hydrogens is 396 g/mol. The van der Waals surface area contributed by atoms with E-state index in [1.807, 2.05) is 0 Å². The quantitative estimate of drug-likeness (QED) is 0.539. The van der Waals surface area contributed by atoms with E-state index in [0.717, 1.165) is 6.54 Å². The molecule has 0 atom stereocenters. The van der Waals surface area contributed by atoms with Crippen LogP contribution in [-0.4, -0.2) is 28.8 Å². The topological polar surface area (TPSA) is 20.3 Å². The van der Waals surface area contributed by atoms with Gasteiger partial charge >= 0.3 is 0 Å². The van der Waals surface area contributed by atoms with Crippen molar-refractivity contribution in [1.29, 1.82) is 0 Å². The SMILES string of the molecule is CCN(C(C)C)C(C)C.O=C(Cl)c1c(Cl)cc(Br)cc1Cl. The van der Waals surface area contributed by atoms with E-state index in [0.29, 0.717) is 16.6 Å². The van der Waals surface area contributed by atoms with E-state index in [4.69, 9.17) is 34.8 Å². The molecule has 21 heavy (non-hydrogen) atoms. The molecule has 0 spiro atoms. The van der Waals surface area contributed by atoms with Crippen molar-refractivity contribution in [1.82, 2.24) is 4.90 Å². The second kappa shape index (κ2) is 10.1. The molecule has 0 bridgehead atoms. The minimum absolute atomic E-state index is 0.142. The van der Waals surface area contributed by atoms with Crippen LogP contribution in [0.5, 0.6) is 0 Å². The lowest BCUT2D eigenvalue weighted by atomic mass is 10.2. The number of hydrogen-bond acceptors (Lipinski definition) is 2. The van der Waals surface area contributed by atoms with Crippen LogP contribution in [0, 0.1) is 0 Å². The first-order valence-electron chi connectivity index (χ1n) is 6.71. The Morgan fingerprint density at radius 3 is 1.71 bits per heavy atom. The summed E-state index contributed by atoms with van der Waals surface area (Å²) in [5.74, 6) is 0. The number of carbonyl (C=O) groups is 1. The maximum Gasteiger partial charge on any atom is 0.255 e. The van der Waals surface area contributed by atoms with Crippen molar-refractivity contribution >= 4 is 56.0 Å². The molecule has 6 heteroatoms. The lowest BCUT2D eigenvalue weighted by molar-refractivity contribution is 0.108. The average molecular weight is 418 g/mol. The molecule has 2 nitrogen and oxygen atoms in total. The third kappa shape index (κ3) is 7.34. The van der Waals surface area contributed by atoms with Crippen molar-refractivity contribution in [3.8, 4) is 0 Å². The first-order chi connectivity index (χ1) is 9.61. The Bertz CT molecular complexity index is 447.